The summed E-state index contributed by atoms with van der Waals surface area (Å²) >= 11 is 1.53. The first kappa shape index (κ1) is 12.8. The second-order valence-corrected chi connectivity index (χ2v) is 5.53. The molecular formula is C16H15N3S. The fourth-order valence-electron chi connectivity index (χ4n) is 2.32. The number of nitrogens with one attached hydrogen (secondary N) is 1. The first-order chi connectivity index (χ1) is 9.81. The number of hydrogen-bond acceptors (Lipinski definition) is 4. The van der Waals surface area contributed by atoms with Gasteiger partial charge in [0.15, 0.2) is 0 Å². The van der Waals surface area contributed by atoms with E-state index in [4.69, 9.17) is 0 Å². The lowest BCUT2D eigenvalue weighted by Gasteiger charge is -2.00. The van der Waals surface area contributed by atoms with Gasteiger partial charge in [0.2, 0.25) is 5.13 Å². The van der Waals surface area contributed by atoms with Crippen LogP contribution in [0.15, 0.2) is 42.5 Å². The van der Waals surface area contributed by atoms with Crippen LogP contribution in [0, 0.1) is 0 Å². The summed E-state index contributed by atoms with van der Waals surface area (Å²) in [5, 5.41) is 5.27. The van der Waals surface area contributed by atoms with E-state index in [1.165, 1.54) is 22.5 Å². The summed E-state index contributed by atoms with van der Waals surface area (Å²) < 4.78 is 0. The van der Waals surface area contributed by atoms with E-state index in [-0.39, 0.29) is 0 Å². The van der Waals surface area contributed by atoms with E-state index in [0.717, 1.165) is 34.3 Å². The Kier molecular flexibility index (Phi) is 3.48. The maximum atomic E-state index is 4.50. The van der Waals surface area contributed by atoms with Crippen molar-refractivity contribution >= 4 is 34.3 Å². The average molecular weight is 281 g/mol. The molecule has 0 radical (unpaired) electrons. The molecule has 3 rings (SSSR count). The summed E-state index contributed by atoms with van der Waals surface area (Å²) in [5.41, 5.74) is 7.60. The molecule has 1 aromatic carbocycles. The van der Waals surface area contributed by atoms with Crippen molar-refractivity contribution in [3.05, 3.63) is 59.1 Å². The van der Waals surface area contributed by atoms with E-state index >= 15 is 0 Å². The predicted molar refractivity (Wildman–Crippen MR) is 87.2 cm³/mol. The highest BCUT2D eigenvalue weighted by Crippen LogP contribution is 2.26. The molecule has 0 fully saturated rings. The van der Waals surface area contributed by atoms with Gasteiger partial charge in [-0.25, -0.2) is 4.98 Å². The fraction of sp³-hybridized carbons (Fsp3) is 0.125. The molecule has 0 saturated heterocycles. The molecule has 0 aliphatic heterocycles. The van der Waals surface area contributed by atoms with Crippen molar-refractivity contribution in [1.82, 2.24) is 4.98 Å². The number of thiazole rings is 1. The minimum atomic E-state index is 0.770. The van der Waals surface area contributed by atoms with Gasteiger partial charge in [0, 0.05) is 5.56 Å². The minimum absolute atomic E-state index is 0.770. The van der Waals surface area contributed by atoms with E-state index in [0.29, 0.717) is 0 Å². The Balaban J connectivity index is 1.83. The van der Waals surface area contributed by atoms with Crippen molar-refractivity contribution in [1.29, 1.82) is 0 Å². The van der Waals surface area contributed by atoms with Gasteiger partial charge in [0.1, 0.15) is 0 Å². The maximum Gasteiger partial charge on any atom is 0.204 e. The molecule has 0 saturated carbocycles. The van der Waals surface area contributed by atoms with Gasteiger partial charge in [0.25, 0.3) is 0 Å². The van der Waals surface area contributed by atoms with E-state index in [9.17, 15) is 0 Å². The normalized spacial score (nSPS) is 15.1. The largest absolute Gasteiger partial charge is 0.252 e. The number of aryl methyl sites for hydroxylation is 1. The zero-order chi connectivity index (χ0) is 13.9. The van der Waals surface area contributed by atoms with Gasteiger partial charge in [0.05, 0.1) is 16.3 Å². The Morgan fingerprint density at radius 3 is 2.80 bits per heavy atom. The van der Waals surface area contributed by atoms with Crippen molar-refractivity contribution in [2.24, 2.45) is 5.10 Å². The first-order valence-corrected chi connectivity index (χ1v) is 7.30. The minimum Gasteiger partial charge on any atom is -0.252 e. The molecular weight excluding hydrogens is 266 g/mol. The summed E-state index contributed by atoms with van der Waals surface area (Å²) in [6.45, 7) is 7.53. The summed E-state index contributed by atoms with van der Waals surface area (Å²) in [6, 6.07) is 8.40. The Hall–Kier alpha value is -2.20. The molecule has 2 aromatic rings. The Morgan fingerprint density at radius 1 is 1.20 bits per heavy atom. The van der Waals surface area contributed by atoms with Crippen molar-refractivity contribution < 1.29 is 0 Å². The highest BCUT2D eigenvalue weighted by atomic mass is 32.1. The van der Waals surface area contributed by atoms with Crippen LogP contribution in [-0.4, -0.2) is 10.7 Å². The summed E-state index contributed by atoms with van der Waals surface area (Å²) in [4.78, 5) is 5.44. The number of nitrogens with zero attached hydrogens (tertiary/aromatic N) is 2. The SMILES string of the molecule is C=Cc1nc(N/N=C2\CCc3ccccc32)sc1C=C. The molecule has 0 bridgehead atoms. The highest BCUT2D eigenvalue weighted by molar-refractivity contribution is 7.16. The maximum absolute atomic E-state index is 4.50. The number of benzene rings is 1. The lowest BCUT2D eigenvalue weighted by Crippen LogP contribution is -1.99. The van der Waals surface area contributed by atoms with Crippen molar-refractivity contribution in [2.75, 3.05) is 5.43 Å². The van der Waals surface area contributed by atoms with Gasteiger partial charge in [-0.05, 0) is 30.6 Å². The van der Waals surface area contributed by atoms with Gasteiger partial charge in [-0.15, -0.1) is 0 Å². The number of aromatic nitrogens is 1. The third-order valence-electron chi connectivity index (χ3n) is 3.31. The van der Waals surface area contributed by atoms with Gasteiger partial charge < -0.3 is 0 Å². The molecule has 3 nitrogen and oxygen atoms in total. The number of hydrazone groups is 1. The van der Waals surface area contributed by atoms with Crippen LogP contribution in [0.5, 0.6) is 0 Å². The number of hydrogen-bond donors (Lipinski definition) is 1. The van der Waals surface area contributed by atoms with Gasteiger partial charge in [-0.3, -0.25) is 5.43 Å². The van der Waals surface area contributed by atoms with Crippen LogP contribution >= 0.6 is 11.3 Å². The van der Waals surface area contributed by atoms with Crippen LogP contribution in [0.2, 0.25) is 0 Å². The van der Waals surface area contributed by atoms with Crippen LogP contribution in [-0.2, 0) is 6.42 Å². The monoisotopic (exact) mass is 281 g/mol. The predicted octanol–water partition coefficient (Wildman–Crippen LogP) is 4.19. The lowest BCUT2D eigenvalue weighted by molar-refractivity contribution is 1.09. The Labute approximate surface area is 122 Å². The average Bonchev–Trinajstić information content (AvgIpc) is 3.08. The summed E-state index contributed by atoms with van der Waals surface area (Å²) in [5.74, 6) is 0. The van der Waals surface area contributed by atoms with Crippen molar-refractivity contribution in [2.45, 2.75) is 12.8 Å². The molecule has 0 atom stereocenters. The quantitative estimate of drug-likeness (QED) is 0.853. The van der Waals surface area contributed by atoms with Crippen LogP contribution in [0.1, 0.15) is 28.1 Å². The number of fused-ring (bicyclic) bond motifs is 1. The van der Waals surface area contributed by atoms with Crippen LogP contribution < -0.4 is 5.43 Å². The molecule has 100 valence electrons. The molecule has 0 unspecified atom stereocenters. The van der Waals surface area contributed by atoms with Crippen LogP contribution in [0.3, 0.4) is 0 Å². The Bertz CT molecular complexity index is 672. The second kappa shape index (κ2) is 5.43. The first-order valence-electron chi connectivity index (χ1n) is 6.48. The van der Waals surface area contributed by atoms with E-state index in [1.807, 2.05) is 0 Å². The molecule has 4 heteroatoms. The van der Waals surface area contributed by atoms with Crippen LogP contribution in [0.25, 0.3) is 12.2 Å². The molecule has 1 aromatic heterocycles. The standard InChI is InChI=1S/C16H15N3S/c1-3-13-15(4-2)20-16(17-13)19-18-14-10-9-11-7-5-6-8-12(11)14/h3-8H,1-2,9-10H2,(H,17,19)/b18-14+. The van der Waals surface area contributed by atoms with E-state index in [2.05, 4.69) is 52.9 Å². The molecule has 1 aliphatic rings. The third kappa shape index (κ3) is 2.30. The topological polar surface area (TPSA) is 37.3 Å². The molecule has 0 spiro atoms. The Morgan fingerprint density at radius 2 is 2.05 bits per heavy atom. The van der Waals surface area contributed by atoms with E-state index < -0.39 is 0 Å². The fourth-order valence-corrected chi connectivity index (χ4v) is 3.08. The van der Waals surface area contributed by atoms with Gasteiger partial charge in [-0.1, -0.05) is 48.8 Å². The van der Waals surface area contributed by atoms with Crippen LogP contribution in [0.4, 0.5) is 5.13 Å². The van der Waals surface area contributed by atoms with Crippen molar-refractivity contribution in [3.63, 3.8) is 0 Å². The summed E-state index contributed by atoms with van der Waals surface area (Å²) in [6.07, 6.45) is 5.55. The van der Waals surface area contributed by atoms with Crippen molar-refractivity contribution in [3.8, 4) is 0 Å². The third-order valence-corrected chi connectivity index (χ3v) is 4.28. The summed E-state index contributed by atoms with van der Waals surface area (Å²) in [7, 11) is 0. The molecule has 20 heavy (non-hydrogen) atoms. The van der Waals surface area contributed by atoms with Gasteiger partial charge in [-0.2, -0.15) is 5.10 Å². The molecule has 1 N–H and O–H groups in total. The lowest BCUT2D eigenvalue weighted by atomic mass is 10.1. The highest BCUT2D eigenvalue weighted by Gasteiger charge is 2.16. The van der Waals surface area contributed by atoms with E-state index in [1.54, 1.807) is 12.2 Å². The molecule has 1 heterocycles. The second-order valence-electron chi connectivity index (χ2n) is 4.50. The van der Waals surface area contributed by atoms with Gasteiger partial charge >= 0.3 is 0 Å². The number of anilines is 1. The zero-order valence-corrected chi connectivity index (χ0v) is 11.9. The number of rotatable bonds is 4. The zero-order valence-electron chi connectivity index (χ0n) is 11.1. The smallest absolute Gasteiger partial charge is 0.204 e. The molecule has 1 aliphatic carbocycles. The molecule has 0 amide bonds.